The summed E-state index contributed by atoms with van der Waals surface area (Å²) in [6, 6.07) is 3.42. The van der Waals surface area contributed by atoms with Crippen LogP contribution in [0.2, 0.25) is 0 Å². The zero-order chi connectivity index (χ0) is 15.5. The van der Waals surface area contributed by atoms with Crippen LogP contribution >= 0.6 is 15.9 Å². The van der Waals surface area contributed by atoms with Crippen molar-refractivity contribution >= 4 is 31.8 Å². The first-order valence-electron chi connectivity index (χ1n) is 6.33. The van der Waals surface area contributed by atoms with Gasteiger partial charge in [0.15, 0.2) is 5.82 Å². The van der Waals surface area contributed by atoms with Crippen molar-refractivity contribution in [1.82, 2.24) is 20.5 Å². The zero-order valence-corrected chi connectivity index (χ0v) is 14.0. The number of nitrogens with one attached hydrogen (secondary N) is 3. The summed E-state index contributed by atoms with van der Waals surface area (Å²) in [4.78, 5) is 4.17. The Morgan fingerprint density at radius 2 is 2.19 bits per heavy atom. The van der Waals surface area contributed by atoms with Gasteiger partial charge in [-0.2, -0.15) is 5.10 Å². The molecular weight excluding hydrogens is 358 g/mol. The summed E-state index contributed by atoms with van der Waals surface area (Å²) in [7, 11) is -3.76. The largest absolute Gasteiger partial charge is 0.311 e. The van der Waals surface area contributed by atoms with Crippen LogP contribution in [-0.2, 0) is 16.6 Å². The monoisotopic (exact) mass is 373 g/mol. The van der Waals surface area contributed by atoms with Crippen molar-refractivity contribution < 1.29 is 8.42 Å². The number of sulfonamides is 1. The van der Waals surface area contributed by atoms with Gasteiger partial charge < -0.3 is 5.32 Å². The lowest BCUT2D eigenvalue weighted by Gasteiger charge is -2.09. The van der Waals surface area contributed by atoms with E-state index in [1.165, 1.54) is 6.20 Å². The van der Waals surface area contributed by atoms with Crippen molar-refractivity contribution in [1.29, 1.82) is 0 Å². The first-order valence-corrected chi connectivity index (χ1v) is 8.61. The Kier molecular flexibility index (Phi) is 4.96. The van der Waals surface area contributed by atoms with E-state index in [1.807, 2.05) is 6.92 Å². The normalized spacial score (nSPS) is 11.6. The molecular formula is C12H16BrN5O2S. The highest BCUT2D eigenvalue weighted by Crippen LogP contribution is 2.24. The van der Waals surface area contributed by atoms with Gasteiger partial charge >= 0.3 is 0 Å². The molecule has 0 aliphatic rings. The van der Waals surface area contributed by atoms with E-state index in [9.17, 15) is 8.42 Å². The van der Waals surface area contributed by atoms with Gasteiger partial charge in [0.25, 0.3) is 10.0 Å². The molecule has 0 spiro atoms. The van der Waals surface area contributed by atoms with Crippen molar-refractivity contribution in [3.63, 3.8) is 0 Å². The van der Waals surface area contributed by atoms with Crippen LogP contribution in [-0.4, -0.2) is 30.1 Å². The van der Waals surface area contributed by atoms with Crippen LogP contribution < -0.4 is 10.0 Å². The second-order valence-electron chi connectivity index (χ2n) is 4.34. The standard InChI is InChI=1S/C12H16BrN5O2S/c1-3-14-7-10-11(8(2)16-17-10)21(19,20)18-12-9(13)5-4-6-15-12/h4-6,14H,3,7H2,1-2H3,(H,15,18)(H,16,17). The smallest absolute Gasteiger partial charge is 0.266 e. The van der Waals surface area contributed by atoms with Crippen LogP contribution in [0.1, 0.15) is 18.3 Å². The fraction of sp³-hybridized carbons (Fsp3) is 0.333. The summed E-state index contributed by atoms with van der Waals surface area (Å²) in [5.41, 5.74) is 0.941. The molecule has 0 amide bonds. The Morgan fingerprint density at radius 1 is 1.43 bits per heavy atom. The SMILES string of the molecule is CCNCc1n[nH]c(C)c1S(=O)(=O)Nc1ncccc1Br. The topological polar surface area (TPSA) is 99.8 Å². The Bertz CT molecular complexity index is 729. The van der Waals surface area contributed by atoms with Gasteiger partial charge in [0, 0.05) is 12.7 Å². The van der Waals surface area contributed by atoms with Crippen molar-refractivity contribution in [2.24, 2.45) is 0 Å². The van der Waals surface area contributed by atoms with Gasteiger partial charge in [-0.25, -0.2) is 13.4 Å². The van der Waals surface area contributed by atoms with E-state index in [0.29, 0.717) is 22.4 Å². The summed E-state index contributed by atoms with van der Waals surface area (Å²) in [5, 5.41) is 9.82. The number of aromatic nitrogens is 3. The van der Waals surface area contributed by atoms with Crippen LogP contribution in [0.3, 0.4) is 0 Å². The highest BCUT2D eigenvalue weighted by molar-refractivity contribution is 9.10. The lowest BCUT2D eigenvalue weighted by atomic mass is 10.3. The Morgan fingerprint density at radius 3 is 2.86 bits per heavy atom. The molecule has 2 heterocycles. The highest BCUT2D eigenvalue weighted by atomic mass is 79.9. The maximum Gasteiger partial charge on any atom is 0.266 e. The quantitative estimate of drug-likeness (QED) is 0.716. The fourth-order valence-corrected chi connectivity index (χ4v) is 3.71. The van der Waals surface area contributed by atoms with Gasteiger partial charge in [-0.1, -0.05) is 6.92 Å². The first-order chi connectivity index (χ1) is 9.95. The second-order valence-corrected chi connectivity index (χ2v) is 6.82. The fourth-order valence-electron chi connectivity index (χ4n) is 1.83. The summed E-state index contributed by atoms with van der Waals surface area (Å²) >= 11 is 3.27. The molecule has 0 radical (unpaired) electrons. The number of nitrogens with zero attached hydrogens (tertiary/aromatic N) is 2. The van der Waals surface area contributed by atoms with Crippen LogP contribution in [0.4, 0.5) is 5.82 Å². The van der Waals surface area contributed by atoms with Crippen molar-refractivity contribution in [3.05, 3.63) is 34.2 Å². The number of hydrogen-bond donors (Lipinski definition) is 3. The summed E-state index contributed by atoms with van der Waals surface area (Å²) in [6.45, 7) is 4.71. The molecule has 9 heteroatoms. The van der Waals surface area contributed by atoms with Gasteiger partial charge in [-0.15, -0.1) is 0 Å². The van der Waals surface area contributed by atoms with E-state index in [4.69, 9.17) is 0 Å². The van der Waals surface area contributed by atoms with Gasteiger partial charge in [-0.3, -0.25) is 9.82 Å². The van der Waals surface area contributed by atoms with E-state index in [1.54, 1.807) is 19.1 Å². The summed E-state index contributed by atoms with van der Waals surface area (Å²) < 4.78 is 28.2. The average molecular weight is 374 g/mol. The van der Waals surface area contributed by atoms with E-state index >= 15 is 0 Å². The van der Waals surface area contributed by atoms with E-state index in [0.717, 1.165) is 6.54 Å². The van der Waals surface area contributed by atoms with Crippen molar-refractivity contribution in [2.45, 2.75) is 25.3 Å². The Hall–Kier alpha value is -1.45. The van der Waals surface area contributed by atoms with Crippen molar-refractivity contribution in [2.75, 3.05) is 11.3 Å². The first kappa shape index (κ1) is 15.9. The third-order valence-electron chi connectivity index (χ3n) is 2.76. The van der Waals surface area contributed by atoms with E-state index < -0.39 is 10.0 Å². The predicted molar refractivity (Wildman–Crippen MR) is 83.5 cm³/mol. The predicted octanol–water partition coefficient (Wildman–Crippen LogP) is 1.79. The number of anilines is 1. The van der Waals surface area contributed by atoms with E-state index in [2.05, 4.69) is 41.2 Å². The number of aromatic amines is 1. The van der Waals surface area contributed by atoms with Gasteiger partial charge in [-0.05, 0) is 41.5 Å². The lowest BCUT2D eigenvalue weighted by molar-refractivity contribution is 0.597. The molecule has 0 aromatic carbocycles. The molecule has 3 N–H and O–H groups in total. The third-order valence-corrected chi connectivity index (χ3v) is 4.94. The zero-order valence-electron chi connectivity index (χ0n) is 11.6. The van der Waals surface area contributed by atoms with Gasteiger partial charge in [0.05, 0.1) is 15.9 Å². The van der Waals surface area contributed by atoms with Crippen molar-refractivity contribution in [3.8, 4) is 0 Å². The van der Waals surface area contributed by atoms with Gasteiger partial charge in [0.2, 0.25) is 0 Å². The Labute approximate surface area is 131 Å². The number of hydrogen-bond acceptors (Lipinski definition) is 5. The molecule has 0 saturated carbocycles. The molecule has 2 rings (SSSR count). The molecule has 2 aromatic heterocycles. The summed E-state index contributed by atoms with van der Waals surface area (Å²) in [5.74, 6) is 0.243. The molecule has 0 aliphatic carbocycles. The minimum absolute atomic E-state index is 0.154. The number of pyridine rings is 1. The maximum atomic E-state index is 12.6. The van der Waals surface area contributed by atoms with Crippen LogP contribution in [0.5, 0.6) is 0 Å². The molecule has 7 nitrogen and oxygen atoms in total. The third kappa shape index (κ3) is 3.60. The minimum atomic E-state index is -3.76. The minimum Gasteiger partial charge on any atom is -0.311 e. The summed E-state index contributed by atoms with van der Waals surface area (Å²) in [6.07, 6.45) is 1.52. The molecule has 0 fully saturated rings. The highest BCUT2D eigenvalue weighted by Gasteiger charge is 2.25. The Balaban J connectivity index is 2.36. The van der Waals surface area contributed by atoms with E-state index in [-0.39, 0.29) is 10.7 Å². The molecule has 0 unspecified atom stereocenters. The molecule has 0 atom stereocenters. The second kappa shape index (κ2) is 6.54. The average Bonchev–Trinajstić information content (AvgIpc) is 2.81. The molecule has 0 aliphatic heterocycles. The molecule has 21 heavy (non-hydrogen) atoms. The molecule has 2 aromatic rings. The van der Waals surface area contributed by atoms with Gasteiger partial charge in [0.1, 0.15) is 4.90 Å². The van der Waals surface area contributed by atoms with Crippen LogP contribution in [0, 0.1) is 6.92 Å². The molecule has 114 valence electrons. The number of H-pyrrole nitrogens is 1. The lowest BCUT2D eigenvalue weighted by Crippen LogP contribution is -2.19. The maximum absolute atomic E-state index is 12.6. The number of rotatable bonds is 6. The molecule has 0 saturated heterocycles. The van der Waals surface area contributed by atoms with Crippen LogP contribution in [0.25, 0.3) is 0 Å². The van der Waals surface area contributed by atoms with Crippen LogP contribution in [0.15, 0.2) is 27.7 Å². The molecule has 0 bridgehead atoms. The number of aryl methyl sites for hydroxylation is 1. The number of halogens is 1.